The van der Waals surface area contributed by atoms with Gasteiger partial charge in [-0.2, -0.15) is 25.3 Å². The molecule has 0 aromatic heterocycles. The minimum atomic E-state index is 0.785. The largest absolute Gasteiger partial charge is 0.175 e. The van der Waals surface area contributed by atoms with E-state index in [-0.39, 0.29) is 0 Å². The molecule has 0 rings (SSSR count). The molecule has 66 valence electrons. The highest BCUT2D eigenvalue weighted by atomic mass is 32.1. The lowest BCUT2D eigenvalue weighted by Crippen LogP contribution is -1.57. The van der Waals surface area contributed by atoms with Crippen LogP contribution in [0.4, 0.5) is 0 Å². The molecular formula is C10H14S2. The van der Waals surface area contributed by atoms with Crippen LogP contribution in [0.3, 0.4) is 0 Å². The van der Waals surface area contributed by atoms with E-state index in [2.05, 4.69) is 25.3 Å². The zero-order valence-electron chi connectivity index (χ0n) is 6.93. The van der Waals surface area contributed by atoms with E-state index >= 15 is 0 Å². The van der Waals surface area contributed by atoms with Crippen molar-refractivity contribution < 1.29 is 0 Å². The second-order valence-electron chi connectivity index (χ2n) is 1.99. The molecule has 0 bridgehead atoms. The van der Waals surface area contributed by atoms with Gasteiger partial charge >= 0.3 is 0 Å². The molecule has 0 aliphatic carbocycles. The fraction of sp³-hybridized carbons (Fsp3) is 0.200. The first-order valence-corrected chi connectivity index (χ1v) is 5.05. The zero-order chi connectivity index (χ0) is 9.07. The first-order chi connectivity index (χ1) is 5.91. The summed E-state index contributed by atoms with van der Waals surface area (Å²) in [4.78, 5) is 0. The van der Waals surface area contributed by atoms with Gasteiger partial charge in [0.1, 0.15) is 0 Å². The lowest BCUT2D eigenvalue weighted by atomic mass is 10.4. The summed E-state index contributed by atoms with van der Waals surface area (Å²) in [5.74, 6) is 1.57. The van der Waals surface area contributed by atoms with Gasteiger partial charge in [-0.15, -0.1) is 0 Å². The molecule has 0 aromatic rings. The van der Waals surface area contributed by atoms with E-state index in [4.69, 9.17) is 0 Å². The number of hydrogen-bond donors (Lipinski definition) is 2. The first kappa shape index (κ1) is 11.7. The molecule has 0 amide bonds. The van der Waals surface area contributed by atoms with Crippen molar-refractivity contribution in [2.24, 2.45) is 0 Å². The Balaban J connectivity index is 3.52. The molecule has 0 aliphatic rings. The second kappa shape index (κ2) is 10.7. The van der Waals surface area contributed by atoms with E-state index in [1.807, 2.05) is 48.6 Å². The molecule has 2 heteroatoms. The molecule has 0 spiro atoms. The van der Waals surface area contributed by atoms with Crippen LogP contribution in [0.15, 0.2) is 48.6 Å². The Labute approximate surface area is 85.6 Å². The average Bonchev–Trinajstić information content (AvgIpc) is 2.10. The Morgan fingerprint density at radius 1 is 0.583 bits per heavy atom. The maximum Gasteiger partial charge on any atom is 0.00856 e. The molecule has 0 N–H and O–H groups in total. The first-order valence-electron chi connectivity index (χ1n) is 3.78. The summed E-state index contributed by atoms with van der Waals surface area (Å²) in [6.45, 7) is 0. The van der Waals surface area contributed by atoms with Crippen molar-refractivity contribution in [2.75, 3.05) is 11.5 Å². The van der Waals surface area contributed by atoms with Crippen LogP contribution in [0.25, 0.3) is 0 Å². The third-order valence-electron chi connectivity index (χ3n) is 1.04. The highest BCUT2D eigenvalue weighted by molar-refractivity contribution is 7.80. The molecule has 0 atom stereocenters. The molecule has 0 unspecified atom stereocenters. The van der Waals surface area contributed by atoms with Gasteiger partial charge in [0, 0.05) is 11.5 Å². The Hall–Kier alpha value is -0.340. The number of hydrogen-bond acceptors (Lipinski definition) is 2. The van der Waals surface area contributed by atoms with Crippen LogP contribution in [0, 0.1) is 0 Å². The molecule has 0 fully saturated rings. The van der Waals surface area contributed by atoms with Crippen LogP contribution in [-0.2, 0) is 0 Å². The lowest BCUT2D eigenvalue weighted by molar-refractivity contribution is 1.75. The highest BCUT2D eigenvalue weighted by Crippen LogP contribution is 1.84. The van der Waals surface area contributed by atoms with Crippen LogP contribution in [0.5, 0.6) is 0 Å². The minimum absolute atomic E-state index is 0.785. The van der Waals surface area contributed by atoms with Gasteiger partial charge in [-0.1, -0.05) is 48.6 Å². The predicted molar refractivity (Wildman–Crippen MR) is 64.3 cm³/mol. The predicted octanol–water partition coefficient (Wildman–Crippen LogP) is 3.07. The van der Waals surface area contributed by atoms with Gasteiger partial charge in [-0.05, 0) is 0 Å². The van der Waals surface area contributed by atoms with Crippen LogP contribution in [0.2, 0.25) is 0 Å². The molecule has 0 saturated carbocycles. The Kier molecular flexibility index (Phi) is 10.4. The van der Waals surface area contributed by atoms with Crippen molar-refractivity contribution in [3.63, 3.8) is 0 Å². The van der Waals surface area contributed by atoms with Crippen molar-refractivity contribution >= 4 is 25.3 Å². The van der Waals surface area contributed by atoms with Crippen molar-refractivity contribution in [1.82, 2.24) is 0 Å². The Bertz CT molecular complexity index is 166. The summed E-state index contributed by atoms with van der Waals surface area (Å²) >= 11 is 8.07. The number of rotatable bonds is 5. The van der Waals surface area contributed by atoms with Gasteiger partial charge in [0.25, 0.3) is 0 Å². The molecule has 12 heavy (non-hydrogen) atoms. The van der Waals surface area contributed by atoms with Crippen molar-refractivity contribution in [2.45, 2.75) is 0 Å². The normalized spacial score (nSPS) is 13.2. The summed E-state index contributed by atoms with van der Waals surface area (Å²) < 4.78 is 0. The quantitative estimate of drug-likeness (QED) is 0.492. The van der Waals surface area contributed by atoms with Crippen LogP contribution in [0.1, 0.15) is 0 Å². The third kappa shape index (κ3) is 9.66. The third-order valence-corrected chi connectivity index (χ3v) is 1.46. The molecule has 0 aromatic carbocycles. The molecule has 0 radical (unpaired) electrons. The molecule has 0 aliphatic heterocycles. The van der Waals surface area contributed by atoms with Crippen molar-refractivity contribution in [3.8, 4) is 0 Å². The number of allylic oxidation sites excluding steroid dienone is 6. The fourth-order valence-corrected chi connectivity index (χ4v) is 0.779. The fourth-order valence-electron chi connectivity index (χ4n) is 0.535. The summed E-state index contributed by atoms with van der Waals surface area (Å²) in [5.41, 5.74) is 0. The summed E-state index contributed by atoms with van der Waals surface area (Å²) in [7, 11) is 0. The van der Waals surface area contributed by atoms with Crippen LogP contribution in [-0.4, -0.2) is 11.5 Å². The van der Waals surface area contributed by atoms with E-state index in [1.165, 1.54) is 0 Å². The van der Waals surface area contributed by atoms with Gasteiger partial charge < -0.3 is 0 Å². The van der Waals surface area contributed by atoms with Gasteiger partial charge in [-0.25, -0.2) is 0 Å². The Morgan fingerprint density at radius 2 is 0.917 bits per heavy atom. The summed E-state index contributed by atoms with van der Waals surface area (Å²) in [6.07, 6.45) is 15.8. The topological polar surface area (TPSA) is 0 Å². The maximum absolute atomic E-state index is 4.03. The van der Waals surface area contributed by atoms with Crippen LogP contribution >= 0.6 is 25.3 Å². The van der Waals surface area contributed by atoms with E-state index in [0.29, 0.717) is 0 Å². The van der Waals surface area contributed by atoms with E-state index in [0.717, 1.165) is 11.5 Å². The average molecular weight is 198 g/mol. The lowest BCUT2D eigenvalue weighted by Gasteiger charge is -1.75. The molecule has 0 saturated heterocycles. The Morgan fingerprint density at radius 3 is 1.25 bits per heavy atom. The molecular weight excluding hydrogens is 184 g/mol. The SMILES string of the molecule is SC\C=C/C=C/C=C\C=C\CS. The number of thiol groups is 2. The van der Waals surface area contributed by atoms with Crippen LogP contribution < -0.4 is 0 Å². The second-order valence-corrected chi connectivity index (χ2v) is 2.72. The van der Waals surface area contributed by atoms with Gasteiger partial charge in [-0.3, -0.25) is 0 Å². The van der Waals surface area contributed by atoms with Gasteiger partial charge in [0.05, 0.1) is 0 Å². The smallest absolute Gasteiger partial charge is 0.00856 e. The monoisotopic (exact) mass is 198 g/mol. The standard InChI is InChI=1S/C10H14S2/c11-9-7-5-3-1-2-4-6-8-10-12/h1-8,11-12H,9-10H2/b3-1-,4-2+,7-5+,8-6-. The zero-order valence-corrected chi connectivity index (χ0v) is 8.72. The molecule has 0 nitrogen and oxygen atoms in total. The maximum atomic E-state index is 4.03. The van der Waals surface area contributed by atoms with Crippen molar-refractivity contribution in [3.05, 3.63) is 48.6 Å². The van der Waals surface area contributed by atoms with Crippen molar-refractivity contribution in [1.29, 1.82) is 0 Å². The van der Waals surface area contributed by atoms with E-state index in [1.54, 1.807) is 0 Å². The van der Waals surface area contributed by atoms with E-state index < -0.39 is 0 Å². The summed E-state index contributed by atoms with van der Waals surface area (Å²) in [5, 5.41) is 0. The molecule has 0 heterocycles. The van der Waals surface area contributed by atoms with Gasteiger partial charge in [0.15, 0.2) is 0 Å². The van der Waals surface area contributed by atoms with Gasteiger partial charge in [0.2, 0.25) is 0 Å². The van der Waals surface area contributed by atoms with E-state index in [9.17, 15) is 0 Å². The highest BCUT2D eigenvalue weighted by Gasteiger charge is 1.64. The minimum Gasteiger partial charge on any atom is -0.175 e. The summed E-state index contributed by atoms with van der Waals surface area (Å²) in [6, 6.07) is 0.